The molecule has 6 heteroatoms. The summed E-state index contributed by atoms with van der Waals surface area (Å²) in [5.74, 6) is 0.150. The highest BCUT2D eigenvalue weighted by Gasteiger charge is 2.49. The smallest absolute Gasteiger partial charge is 0.327 e. The minimum atomic E-state index is -3.88. The molecule has 0 spiro atoms. The summed E-state index contributed by atoms with van der Waals surface area (Å²) in [7, 11) is -2.35. The van der Waals surface area contributed by atoms with E-state index in [0.29, 0.717) is 12.2 Å². The second-order valence-electron chi connectivity index (χ2n) is 6.84. The number of ether oxygens (including phenoxy) is 2. The van der Waals surface area contributed by atoms with Crippen LogP contribution >= 0.6 is 0 Å². The SMILES string of the molecule is CCOC(=O)C(C)(CC1CCCCC1)S(=O)(=O)c1ccc(OC)cc1. The Balaban J connectivity index is 2.38. The molecule has 5 nitrogen and oxygen atoms in total. The van der Waals surface area contributed by atoms with Crippen molar-refractivity contribution in [2.24, 2.45) is 5.92 Å². The number of methoxy groups -OCH3 is 1. The van der Waals surface area contributed by atoms with Gasteiger partial charge in [0.1, 0.15) is 5.75 Å². The van der Waals surface area contributed by atoms with Gasteiger partial charge in [0.15, 0.2) is 14.6 Å². The molecule has 0 saturated heterocycles. The van der Waals surface area contributed by atoms with Gasteiger partial charge in [0, 0.05) is 0 Å². The third-order valence-corrected chi connectivity index (χ3v) is 7.49. The summed E-state index contributed by atoms with van der Waals surface area (Å²) in [6, 6.07) is 6.18. The first kappa shape index (κ1) is 19.8. The highest BCUT2D eigenvalue weighted by molar-refractivity contribution is 7.93. The van der Waals surface area contributed by atoms with Crippen LogP contribution in [0.15, 0.2) is 29.2 Å². The van der Waals surface area contributed by atoms with Crippen molar-refractivity contribution in [1.82, 2.24) is 0 Å². The molecule has 25 heavy (non-hydrogen) atoms. The highest BCUT2D eigenvalue weighted by atomic mass is 32.2. The van der Waals surface area contributed by atoms with Crippen molar-refractivity contribution in [1.29, 1.82) is 0 Å². The zero-order valence-electron chi connectivity index (χ0n) is 15.3. The zero-order chi connectivity index (χ0) is 18.5. The van der Waals surface area contributed by atoms with Crippen LogP contribution in [0.3, 0.4) is 0 Å². The van der Waals surface area contributed by atoms with Gasteiger partial charge in [0.25, 0.3) is 0 Å². The van der Waals surface area contributed by atoms with Crippen LogP contribution < -0.4 is 4.74 Å². The molecule has 1 aromatic rings. The largest absolute Gasteiger partial charge is 0.497 e. The van der Waals surface area contributed by atoms with E-state index in [-0.39, 0.29) is 17.4 Å². The number of carbonyl (C=O) groups is 1. The molecular formula is C19H28O5S. The molecule has 0 aromatic heterocycles. The van der Waals surface area contributed by atoms with Crippen LogP contribution in [0.2, 0.25) is 0 Å². The Labute approximate surface area is 150 Å². The quantitative estimate of drug-likeness (QED) is 0.685. The van der Waals surface area contributed by atoms with Crippen molar-refractivity contribution in [3.8, 4) is 5.75 Å². The first-order chi connectivity index (χ1) is 11.8. The summed E-state index contributed by atoms with van der Waals surface area (Å²) in [6.45, 7) is 3.37. The maximum Gasteiger partial charge on any atom is 0.327 e. The van der Waals surface area contributed by atoms with Crippen molar-refractivity contribution in [2.75, 3.05) is 13.7 Å². The summed E-state index contributed by atoms with van der Waals surface area (Å²) < 4.78 is 35.3. The first-order valence-corrected chi connectivity index (χ1v) is 10.4. The summed E-state index contributed by atoms with van der Waals surface area (Å²) in [5, 5.41) is 0. The molecule has 1 unspecified atom stereocenters. The maximum atomic E-state index is 13.3. The van der Waals surface area contributed by atoms with E-state index in [9.17, 15) is 13.2 Å². The summed E-state index contributed by atoms with van der Waals surface area (Å²) in [6.07, 6.45) is 5.59. The van der Waals surface area contributed by atoms with Crippen LogP contribution in [0.4, 0.5) is 0 Å². The minimum absolute atomic E-state index is 0.125. The molecule has 0 radical (unpaired) electrons. The van der Waals surface area contributed by atoms with Gasteiger partial charge in [-0.3, -0.25) is 4.79 Å². The van der Waals surface area contributed by atoms with Crippen LogP contribution in [-0.2, 0) is 19.4 Å². The molecule has 0 amide bonds. The Morgan fingerprint density at radius 1 is 1.16 bits per heavy atom. The fourth-order valence-corrected chi connectivity index (χ4v) is 5.29. The van der Waals surface area contributed by atoms with Crippen molar-refractivity contribution >= 4 is 15.8 Å². The molecule has 0 N–H and O–H groups in total. The Morgan fingerprint density at radius 2 is 1.76 bits per heavy atom. The van der Waals surface area contributed by atoms with E-state index < -0.39 is 20.6 Å². The van der Waals surface area contributed by atoms with Crippen LogP contribution in [0.5, 0.6) is 5.75 Å². The van der Waals surface area contributed by atoms with E-state index in [2.05, 4.69) is 0 Å². The topological polar surface area (TPSA) is 69.7 Å². The fourth-order valence-electron chi connectivity index (χ4n) is 3.54. The summed E-state index contributed by atoms with van der Waals surface area (Å²) in [5.41, 5.74) is 0. The predicted octanol–water partition coefficient (Wildman–Crippen LogP) is 3.76. The van der Waals surface area contributed by atoms with Crippen LogP contribution in [-0.4, -0.2) is 32.9 Å². The number of carbonyl (C=O) groups excluding carboxylic acids is 1. The molecular weight excluding hydrogens is 340 g/mol. The van der Waals surface area contributed by atoms with E-state index in [1.807, 2.05) is 0 Å². The molecule has 1 atom stereocenters. The second kappa shape index (κ2) is 8.21. The predicted molar refractivity (Wildman–Crippen MR) is 96.4 cm³/mol. The lowest BCUT2D eigenvalue weighted by Crippen LogP contribution is -2.46. The third kappa shape index (κ3) is 4.17. The number of rotatable bonds is 7. The van der Waals surface area contributed by atoms with E-state index >= 15 is 0 Å². The highest BCUT2D eigenvalue weighted by Crippen LogP contribution is 2.38. The molecule has 1 aliphatic carbocycles. The standard InChI is InChI=1S/C19H28O5S/c1-4-24-18(20)19(2,14-15-8-6-5-7-9-15)25(21,22)17-12-10-16(23-3)11-13-17/h10-13,15H,4-9,14H2,1-3H3. The molecule has 1 fully saturated rings. The average molecular weight is 368 g/mol. The van der Waals surface area contributed by atoms with Gasteiger partial charge in [-0.05, 0) is 50.5 Å². The number of sulfone groups is 1. The van der Waals surface area contributed by atoms with Gasteiger partial charge in [-0.1, -0.05) is 32.1 Å². The third-order valence-electron chi connectivity index (χ3n) is 5.07. The van der Waals surface area contributed by atoms with Gasteiger partial charge in [-0.15, -0.1) is 0 Å². The van der Waals surface area contributed by atoms with E-state index in [1.54, 1.807) is 19.1 Å². The van der Waals surface area contributed by atoms with Crippen molar-refractivity contribution in [3.05, 3.63) is 24.3 Å². The molecule has 2 rings (SSSR count). The van der Waals surface area contributed by atoms with E-state index in [1.165, 1.54) is 32.6 Å². The van der Waals surface area contributed by atoms with Gasteiger partial charge >= 0.3 is 5.97 Å². The Hall–Kier alpha value is -1.56. The lowest BCUT2D eigenvalue weighted by atomic mass is 9.83. The van der Waals surface area contributed by atoms with Crippen molar-refractivity contribution < 1.29 is 22.7 Å². The van der Waals surface area contributed by atoms with Gasteiger partial charge < -0.3 is 9.47 Å². The van der Waals surface area contributed by atoms with Crippen LogP contribution in [0, 0.1) is 5.92 Å². The number of esters is 1. The van der Waals surface area contributed by atoms with E-state index in [0.717, 1.165) is 25.7 Å². The second-order valence-corrected chi connectivity index (χ2v) is 9.22. The Bertz CT molecular complexity index is 674. The molecule has 1 saturated carbocycles. The zero-order valence-corrected chi connectivity index (χ0v) is 16.1. The number of hydrogen-bond acceptors (Lipinski definition) is 5. The monoisotopic (exact) mass is 368 g/mol. The molecule has 0 bridgehead atoms. The molecule has 0 heterocycles. The molecule has 140 valence electrons. The average Bonchev–Trinajstić information content (AvgIpc) is 2.62. The van der Waals surface area contributed by atoms with Gasteiger partial charge in [-0.2, -0.15) is 0 Å². The minimum Gasteiger partial charge on any atom is -0.497 e. The summed E-state index contributed by atoms with van der Waals surface area (Å²) in [4.78, 5) is 12.8. The van der Waals surface area contributed by atoms with Crippen molar-refractivity contribution in [3.63, 3.8) is 0 Å². The number of hydrogen-bond donors (Lipinski definition) is 0. The first-order valence-electron chi connectivity index (χ1n) is 8.91. The fraction of sp³-hybridized carbons (Fsp3) is 0.632. The van der Waals surface area contributed by atoms with Crippen LogP contribution in [0.25, 0.3) is 0 Å². The number of benzene rings is 1. The lowest BCUT2D eigenvalue weighted by molar-refractivity contribution is -0.146. The molecule has 1 aromatic carbocycles. The molecule has 0 aliphatic heterocycles. The van der Waals surface area contributed by atoms with Crippen molar-refractivity contribution in [2.45, 2.75) is 62.0 Å². The molecule has 1 aliphatic rings. The Morgan fingerprint density at radius 3 is 2.28 bits per heavy atom. The Kier molecular flexibility index (Phi) is 6.49. The van der Waals surface area contributed by atoms with Crippen LogP contribution in [0.1, 0.15) is 52.4 Å². The summed E-state index contributed by atoms with van der Waals surface area (Å²) >= 11 is 0. The van der Waals surface area contributed by atoms with E-state index in [4.69, 9.17) is 9.47 Å². The van der Waals surface area contributed by atoms with Gasteiger partial charge in [-0.25, -0.2) is 8.42 Å². The maximum absolute atomic E-state index is 13.3. The van der Waals surface area contributed by atoms with Gasteiger partial charge in [0.05, 0.1) is 18.6 Å². The normalized spacial score (nSPS) is 18.4. The van der Waals surface area contributed by atoms with Gasteiger partial charge in [0.2, 0.25) is 0 Å². The lowest BCUT2D eigenvalue weighted by Gasteiger charge is -2.32.